The Labute approximate surface area is 130 Å². The summed E-state index contributed by atoms with van der Waals surface area (Å²) in [6, 6.07) is 3.27. The lowest BCUT2D eigenvalue weighted by Gasteiger charge is -2.18. The molecule has 22 heavy (non-hydrogen) atoms. The van der Waals surface area contributed by atoms with Gasteiger partial charge in [0.1, 0.15) is 0 Å². The summed E-state index contributed by atoms with van der Waals surface area (Å²) in [5, 5.41) is 11.4. The van der Waals surface area contributed by atoms with Gasteiger partial charge in [0.25, 0.3) is 0 Å². The number of anilines is 1. The molecule has 2 heterocycles. The molecule has 0 radical (unpaired) electrons. The first kappa shape index (κ1) is 15.2. The van der Waals surface area contributed by atoms with Crippen molar-refractivity contribution in [3.8, 4) is 0 Å². The van der Waals surface area contributed by atoms with Crippen LogP contribution in [0.3, 0.4) is 0 Å². The number of nitrogens with zero attached hydrogens (tertiary/aromatic N) is 4. The van der Waals surface area contributed by atoms with Crippen molar-refractivity contribution >= 4 is 21.6 Å². The lowest BCUT2D eigenvalue weighted by atomic mass is 10.4. The van der Waals surface area contributed by atoms with Crippen LogP contribution in [0.4, 0.5) is 5.95 Å². The minimum absolute atomic E-state index is 0.262. The molecule has 0 amide bonds. The molecule has 2 aromatic heterocycles. The average Bonchev–Trinajstić information content (AvgIpc) is 3.25. The van der Waals surface area contributed by atoms with Crippen molar-refractivity contribution in [2.45, 2.75) is 31.6 Å². The van der Waals surface area contributed by atoms with Crippen LogP contribution in [0.25, 0.3) is 5.65 Å². The van der Waals surface area contributed by atoms with Gasteiger partial charge in [-0.3, -0.25) is 4.40 Å². The lowest BCUT2D eigenvalue weighted by Crippen LogP contribution is -2.30. The third-order valence-electron chi connectivity index (χ3n) is 3.96. The number of pyridine rings is 1. The Balaban J connectivity index is 1.95. The highest BCUT2D eigenvalue weighted by molar-refractivity contribution is 7.89. The molecular formula is C14H21N5O2S. The molecule has 1 fully saturated rings. The number of hydrogen-bond donors (Lipinski definition) is 1. The Hall–Kier alpha value is -1.67. The quantitative estimate of drug-likeness (QED) is 0.837. The SMILES string of the molecule is CCN(CC)S(=O)(=O)c1ccc2nnc(NCC3CC3)n2c1. The summed E-state index contributed by atoms with van der Waals surface area (Å²) in [4.78, 5) is 0.262. The van der Waals surface area contributed by atoms with Gasteiger partial charge in [0.05, 0.1) is 4.90 Å². The standard InChI is InChI=1S/C14H21N5O2S/c1-3-18(4-2)22(20,21)12-7-8-13-16-17-14(19(13)10-12)15-9-11-5-6-11/h7-8,10-11H,3-6,9H2,1-2H3,(H,15,17). The molecule has 0 bridgehead atoms. The zero-order valence-corrected chi connectivity index (χ0v) is 13.7. The fourth-order valence-corrected chi connectivity index (χ4v) is 3.87. The van der Waals surface area contributed by atoms with Gasteiger partial charge in [0.15, 0.2) is 5.65 Å². The third kappa shape index (κ3) is 2.80. The molecule has 120 valence electrons. The lowest BCUT2D eigenvalue weighted by molar-refractivity contribution is 0.445. The van der Waals surface area contributed by atoms with Crippen molar-refractivity contribution in [2.75, 3.05) is 25.0 Å². The highest BCUT2D eigenvalue weighted by Gasteiger charge is 2.24. The van der Waals surface area contributed by atoms with Crippen LogP contribution >= 0.6 is 0 Å². The topological polar surface area (TPSA) is 79.6 Å². The largest absolute Gasteiger partial charge is 0.354 e. The van der Waals surface area contributed by atoms with Crippen LogP contribution in [0.15, 0.2) is 23.2 Å². The summed E-state index contributed by atoms with van der Waals surface area (Å²) >= 11 is 0. The van der Waals surface area contributed by atoms with Gasteiger partial charge in [-0.1, -0.05) is 13.8 Å². The summed E-state index contributed by atoms with van der Waals surface area (Å²) in [7, 11) is -3.48. The van der Waals surface area contributed by atoms with E-state index in [2.05, 4.69) is 15.5 Å². The minimum atomic E-state index is -3.48. The van der Waals surface area contributed by atoms with E-state index in [1.54, 1.807) is 22.7 Å². The Kier molecular flexibility index (Phi) is 4.05. The second-order valence-electron chi connectivity index (χ2n) is 5.53. The third-order valence-corrected chi connectivity index (χ3v) is 6.00. The maximum atomic E-state index is 12.6. The van der Waals surface area contributed by atoms with Gasteiger partial charge in [-0.15, -0.1) is 10.2 Å². The monoisotopic (exact) mass is 323 g/mol. The van der Waals surface area contributed by atoms with Gasteiger partial charge < -0.3 is 5.32 Å². The van der Waals surface area contributed by atoms with E-state index in [9.17, 15) is 8.42 Å². The van der Waals surface area contributed by atoms with Crippen LogP contribution in [0.2, 0.25) is 0 Å². The summed E-state index contributed by atoms with van der Waals surface area (Å²) in [5.74, 6) is 1.30. The predicted octanol–water partition coefficient (Wildman–Crippen LogP) is 1.58. The van der Waals surface area contributed by atoms with Crippen molar-refractivity contribution in [2.24, 2.45) is 5.92 Å². The zero-order chi connectivity index (χ0) is 15.7. The van der Waals surface area contributed by atoms with E-state index in [1.807, 2.05) is 13.8 Å². The summed E-state index contributed by atoms with van der Waals surface area (Å²) in [6.07, 6.45) is 4.08. The Morgan fingerprint density at radius 3 is 2.64 bits per heavy atom. The summed E-state index contributed by atoms with van der Waals surface area (Å²) < 4.78 is 28.3. The molecule has 7 nitrogen and oxygen atoms in total. The zero-order valence-electron chi connectivity index (χ0n) is 12.9. The molecule has 1 aliphatic rings. The fraction of sp³-hybridized carbons (Fsp3) is 0.571. The molecule has 0 aromatic carbocycles. The minimum Gasteiger partial charge on any atom is -0.354 e. The van der Waals surface area contributed by atoms with E-state index in [4.69, 9.17) is 0 Å². The summed E-state index contributed by atoms with van der Waals surface area (Å²) in [5.41, 5.74) is 0.636. The molecule has 1 aliphatic carbocycles. The predicted molar refractivity (Wildman–Crippen MR) is 84.3 cm³/mol. The Morgan fingerprint density at radius 2 is 2.00 bits per heavy atom. The molecule has 0 unspecified atom stereocenters. The number of sulfonamides is 1. The van der Waals surface area contributed by atoms with Gasteiger partial charge in [-0.05, 0) is 30.9 Å². The van der Waals surface area contributed by atoms with E-state index < -0.39 is 10.0 Å². The number of rotatable bonds is 7. The van der Waals surface area contributed by atoms with Gasteiger partial charge in [-0.25, -0.2) is 8.42 Å². The van der Waals surface area contributed by atoms with Crippen LogP contribution in [0.1, 0.15) is 26.7 Å². The summed E-state index contributed by atoms with van der Waals surface area (Å²) in [6.45, 7) is 5.42. The maximum absolute atomic E-state index is 12.6. The van der Waals surface area contributed by atoms with Gasteiger partial charge in [0, 0.05) is 25.8 Å². The van der Waals surface area contributed by atoms with Crippen molar-refractivity contribution in [3.63, 3.8) is 0 Å². The van der Waals surface area contributed by atoms with Gasteiger partial charge >= 0.3 is 0 Å². The molecule has 0 saturated heterocycles. The average molecular weight is 323 g/mol. The first-order valence-corrected chi connectivity index (χ1v) is 9.09. The van der Waals surface area contributed by atoms with Crippen LogP contribution in [-0.2, 0) is 10.0 Å². The van der Waals surface area contributed by atoms with Crippen molar-refractivity contribution in [1.29, 1.82) is 0 Å². The first-order chi connectivity index (χ1) is 10.6. The Bertz CT molecular complexity index is 763. The van der Waals surface area contributed by atoms with E-state index in [1.165, 1.54) is 17.1 Å². The van der Waals surface area contributed by atoms with E-state index in [0.717, 1.165) is 6.54 Å². The second-order valence-corrected chi connectivity index (χ2v) is 7.47. The van der Waals surface area contributed by atoms with Crippen molar-refractivity contribution in [1.82, 2.24) is 18.9 Å². The molecule has 1 N–H and O–H groups in total. The van der Waals surface area contributed by atoms with E-state index in [0.29, 0.717) is 30.6 Å². The van der Waals surface area contributed by atoms with Gasteiger partial charge in [-0.2, -0.15) is 4.31 Å². The second kappa shape index (κ2) is 5.85. The smallest absolute Gasteiger partial charge is 0.244 e. The number of aromatic nitrogens is 3. The van der Waals surface area contributed by atoms with E-state index in [-0.39, 0.29) is 4.90 Å². The molecule has 0 aliphatic heterocycles. The number of fused-ring (bicyclic) bond motifs is 1. The molecule has 3 rings (SSSR count). The van der Waals surface area contributed by atoms with E-state index >= 15 is 0 Å². The molecule has 0 atom stereocenters. The molecule has 8 heteroatoms. The van der Waals surface area contributed by atoms with Crippen LogP contribution in [0, 0.1) is 5.92 Å². The maximum Gasteiger partial charge on any atom is 0.244 e. The van der Waals surface area contributed by atoms with Crippen molar-refractivity contribution < 1.29 is 8.42 Å². The highest BCUT2D eigenvalue weighted by atomic mass is 32.2. The van der Waals surface area contributed by atoms with Crippen LogP contribution in [0.5, 0.6) is 0 Å². The van der Waals surface area contributed by atoms with Gasteiger partial charge in [0.2, 0.25) is 16.0 Å². The van der Waals surface area contributed by atoms with Crippen LogP contribution in [-0.4, -0.2) is 47.0 Å². The molecule has 1 saturated carbocycles. The van der Waals surface area contributed by atoms with Crippen LogP contribution < -0.4 is 5.32 Å². The first-order valence-electron chi connectivity index (χ1n) is 7.65. The fourth-order valence-electron chi connectivity index (χ4n) is 2.41. The molecule has 2 aromatic rings. The van der Waals surface area contributed by atoms with Crippen molar-refractivity contribution in [3.05, 3.63) is 18.3 Å². The number of nitrogens with one attached hydrogen (secondary N) is 1. The molecule has 0 spiro atoms. The Morgan fingerprint density at radius 1 is 1.27 bits per heavy atom. The molecular weight excluding hydrogens is 302 g/mol. The normalized spacial score (nSPS) is 15.6. The number of hydrogen-bond acceptors (Lipinski definition) is 5. The highest BCUT2D eigenvalue weighted by Crippen LogP contribution is 2.28.